The van der Waals surface area contributed by atoms with E-state index in [1.54, 1.807) is 0 Å². The van der Waals surface area contributed by atoms with Crippen LogP contribution in [0.15, 0.2) is 63.4 Å². The molecule has 0 atom stereocenters. The zero-order valence-corrected chi connectivity index (χ0v) is 23.5. The van der Waals surface area contributed by atoms with E-state index in [1.165, 1.54) is 4.68 Å². The van der Waals surface area contributed by atoms with E-state index in [2.05, 4.69) is 52.6 Å². The molecule has 0 saturated carbocycles. The summed E-state index contributed by atoms with van der Waals surface area (Å²) in [7, 11) is 0. The second-order valence-electron chi connectivity index (χ2n) is 9.86. The van der Waals surface area contributed by atoms with Gasteiger partial charge in [-0.1, -0.05) is 48.5 Å². The van der Waals surface area contributed by atoms with Crippen LogP contribution in [0.5, 0.6) is 0 Å². The van der Waals surface area contributed by atoms with Gasteiger partial charge in [0.1, 0.15) is 5.69 Å². The highest BCUT2D eigenvalue weighted by atomic mass is 35.5. The molecule has 3 aliphatic rings. The number of para-hydroxylation sites is 2. The van der Waals surface area contributed by atoms with Crippen LogP contribution in [0.25, 0.3) is 39.0 Å². The average molecular weight is 587 g/mol. The lowest BCUT2D eigenvalue weighted by Crippen LogP contribution is -2.46. The van der Waals surface area contributed by atoms with Gasteiger partial charge in [-0.05, 0) is 29.0 Å². The van der Waals surface area contributed by atoms with Crippen molar-refractivity contribution in [3.05, 3.63) is 59.9 Å². The monoisotopic (exact) mass is 586 g/mol. The summed E-state index contributed by atoms with van der Waals surface area (Å²) < 4.78 is 6.17. The number of fused-ring (bicyclic) bond motifs is 4. The second-order valence-corrected chi connectivity index (χ2v) is 9.86. The Morgan fingerprint density at radius 2 is 1.76 bits per heavy atom. The Hall–Kier alpha value is -4.79. The number of halogens is 1. The third-order valence-corrected chi connectivity index (χ3v) is 7.50. The van der Waals surface area contributed by atoms with Gasteiger partial charge in [0.25, 0.3) is 0 Å². The Labute approximate surface area is 245 Å². The van der Waals surface area contributed by atoms with Gasteiger partial charge >= 0.3 is 5.91 Å². The van der Waals surface area contributed by atoms with Crippen molar-refractivity contribution in [3.63, 3.8) is 0 Å². The predicted molar refractivity (Wildman–Crippen MR) is 157 cm³/mol. The summed E-state index contributed by atoms with van der Waals surface area (Å²) in [5.41, 5.74) is 10.2. The van der Waals surface area contributed by atoms with E-state index >= 15 is 0 Å². The molecule has 42 heavy (non-hydrogen) atoms. The van der Waals surface area contributed by atoms with E-state index in [0.29, 0.717) is 23.6 Å². The minimum Gasteiger partial charge on any atom is -0.378 e. The number of hydrogen-bond acceptors (Lipinski definition) is 11. The van der Waals surface area contributed by atoms with Gasteiger partial charge in [0, 0.05) is 43.5 Å². The molecule has 1 saturated heterocycles. The van der Waals surface area contributed by atoms with Crippen molar-refractivity contribution in [2.45, 2.75) is 13.5 Å². The van der Waals surface area contributed by atoms with Gasteiger partial charge < -0.3 is 15.6 Å². The maximum Gasteiger partial charge on any atom is 0.317 e. The number of nitrogens with one attached hydrogen (secondary N) is 1. The number of rotatable bonds is 6. The molecule has 4 aromatic rings. The third-order valence-electron chi connectivity index (χ3n) is 7.50. The average Bonchev–Trinajstić information content (AvgIpc) is 3.70. The minimum atomic E-state index is -0.638. The number of H-pyrrole nitrogens is 1. The Kier molecular flexibility index (Phi) is 7.33. The number of aromatic amines is 1. The molecular formula is C27H27ClN12O2. The molecule has 2 aromatic carbocycles. The Morgan fingerprint density at radius 1 is 1.02 bits per heavy atom. The lowest BCUT2D eigenvalue weighted by atomic mass is 10.2. The number of amides is 1. The van der Waals surface area contributed by atoms with E-state index in [-0.39, 0.29) is 29.7 Å². The van der Waals surface area contributed by atoms with Crippen LogP contribution >= 0.6 is 12.4 Å². The van der Waals surface area contributed by atoms with E-state index in [1.807, 2.05) is 48.5 Å². The first-order valence-corrected chi connectivity index (χ1v) is 13.3. The SMILES string of the molecule is CCN1CCN(Cc2c(C(=O)N=Nc3c4[nH]c5ccccc5nc-4c4ccccc34)nnn2-c2nonc2N)CC1.Cl. The molecule has 214 valence electrons. The Balaban J connectivity index is 0.00000316. The van der Waals surface area contributed by atoms with Crippen molar-refractivity contribution >= 4 is 51.6 Å². The molecule has 14 nitrogen and oxygen atoms in total. The highest BCUT2D eigenvalue weighted by Gasteiger charge is 2.28. The summed E-state index contributed by atoms with van der Waals surface area (Å²) in [4.78, 5) is 26.4. The minimum absolute atomic E-state index is 0. The van der Waals surface area contributed by atoms with Crippen LogP contribution in [-0.4, -0.2) is 83.7 Å². The fourth-order valence-corrected chi connectivity index (χ4v) is 5.28. The Bertz CT molecular complexity index is 1880. The van der Waals surface area contributed by atoms with Gasteiger partial charge in [-0.2, -0.15) is 4.68 Å². The van der Waals surface area contributed by atoms with Crippen molar-refractivity contribution in [2.24, 2.45) is 10.2 Å². The highest BCUT2D eigenvalue weighted by Crippen LogP contribution is 2.43. The number of anilines is 1. The molecule has 0 bridgehead atoms. The van der Waals surface area contributed by atoms with Crippen molar-refractivity contribution < 1.29 is 9.42 Å². The molecule has 2 aliphatic heterocycles. The highest BCUT2D eigenvalue weighted by molar-refractivity contribution is 6.11. The summed E-state index contributed by atoms with van der Waals surface area (Å²) in [5, 5.41) is 26.1. The predicted octanol–water partition coefficient (Wildman–Crippen LogP) is 3.85. The van der Waals surface area contributed by atoms with Crippen LogP contribution in [0.4, 0.5) is 11.5 Å². The second kappa shape index (κ2) is 11.2. The molecule has 1 amide bonds. The number of benzene rings is 2. The zero-order chi connectivity index (χ0) is 27.9. The molecule has 7 rings (SSSR count). The molecule has 2 aromatic heterocycles. The Morgan fingerprint density at radius 3 is 2.52 bits per heavy atom. The topological polar surface area (TPSA) is 173 Å². The van der Waals surface area contributed by atoms with Crippen LogP contribution in [0.1, 0.15) is 23.1 Å². The summed E-state index contributed by atoms with van der Waals surface area (Å²) in [5.74, 6) is -0.436. The van der Waals surface area contributed by atoms with Gasteiger partial charge in [-0.3, -0.25) is 9.69 Å². The van der Waals surface area contributed by atoms with E-state index in [9.17, 15) is 4.79 Å². The van der Waals surface area contributed by atoms with Crippen LogP contribution in [0, 0.1) is 0 Å². The van der Waals surface area contributed by atoms with Crippen molar-refractivity contribution in [3.8, 4) is 17.2 Å². The number of nitrogens with zero attached hydrogens (tertiary/aromatic N) is 10. The fraction of sp³-hybridized carbons (Fsp3) is 0.259. The number of carbonyl (C=O) groups excluding carboxylic acids is 1. The zero-order valence-electron chi connectivity index (χ0n) is 22.6. The van der Waals surface area contributed by atoms with Gasteiger partial charge in [0.15, 0.2) is 5.69 Å². The summed E-state index contributed by atoms with van der Waals surface area (Å²) >= 11 is 0. The number of likely N-dealkylation sites (N-methyl/N-ethyl adjacent to an activating group) is 1. The maximum absolute atomic E-state index is 13.5. The van der Waals surface area contributed by atoms with Crippen molar-refractivity contribution in [1.29, 1.82) is 0 Å². The lowest BCUT2D eigenvalue weighted by molar-refractivity contribution is 0.0985. The van der Waals surface area contributed by atoms with Gasteiger partial charge in [-0.25, -0.2) is 9.61 Å². The first-order valence-electron chi connectivity index (χ1n) is 13.3. The van der Waals surface area contributed by atoms with E-state index in [4.69, 9.17) is 15.3 Å². The van der Waals surface area contributed by atoms with E-state index < -0.39 is 5.91 Å². The molecule has 3 N–H and O–H groups in total. The number of aromatic nitrogens is 7. The van der Waals surface area contributed by atoms with Crippen LogP contribution < -0.4 is 5.73 Å². The summed E-state index contributed by atoms with van der Waals surface area (Å²) in [6, 6.07) is 15.5. The smallest absolute Gasteiger partial charge is 0.317 e. The molecular weight excluding hydrogens is 560 g/mol. The van der Waals surface area contributed by atoms with Crippen molar-refractivity contribution in [2.75, 3.05) is 38.5 Å². The third kappa shape index (κ3) is 4.74. The van der Waals surface area contributed by atoms with E-state index in [0.717, 1.165) is 60.2 Å². The quantitative estimate of drug-likeness (QED) is 0.273. The largest absolute Gasteiger partial charge is 0.378 e. The number of azo groups is 1. The van der Waals surface area contributed by atoms with Gasteiger partial charge in [0.05, 0.1) is 28.1 Å². The number of nitrogen functional groups attached to an aromatic ring is 1. The standard InChI is InChI=1S/C27H26N12O2.ClH/c1-2-37-11-13-38(14-12-37)15-20-23(32-36-39(20)26-25(28)34-41-35-26)27(40)33-31-22-17-8-4-3-7-16(17)21-24(22)30-19-10-6-5-9-18(19)29-21;/h3-10,30H,2,11-15H2,1H3,(H2,28,34);1H. The molecule has 0 radical (unpaired) electrons. The number of carbonyl (C=O) groups is 1. The van der Waals surface area contributed by atoms with Gasteiger partial charge in [0.2, 0.25) is 11.6 Å². The molecule has 1 fully saturated rings. The molecule has 1 aliphatic carbocycles. The van der Waals surface area contributed by atoms with Crippen LogP contribution in [0.2, 0.25) is 0 Å². The normalized spacial score (nSPS) is 14.8. The lowest BCUT2D eigenvalue weighted by Gasteiger charge is -2.33. The number of hydrogen-bond donors (Lipinski definition) is 2. The molecule has 4 heterocycles. The van der Waals surface area contributed by atoms with Gasteiger partial charge in [-0.15, -0.1) is 27.7 Å². The first-order chi connectivity index (χ1) is 20.1. The molecule has 0 spiro atoms. The van der Waals surface area contributed by atoms with Crippen LogP contribution in [-0.2, 0) is 6.54 Å². The van der Waals surface area contributed by atoms with Crippen LogP contribution in [0.3, 0.4) is 0 Å². The molecule has 15 heteroatoms. The number of piperazine rings is 1. The number of nitrogens with two attached hydrogens (primary N) is 1. The van der Waals surface area contributed by atoms with Crippen molar-refractivity contribution in [1.82, 2.24) is 45.1 Å². The summed E-state index contributed by atoms with van der Waals surface area (Å²) in [6.07, 6.45) is 0. The maximum atomic E-state index is 13.5. The first kappa shape index (κ1) is 27.4. The summed E-state index contributed by atoms with van der Waals surface area (Å²) in [6.45, 7) is 7.01. The molecule has 0 unspecified atom stereocenters. The fourth-order valence-electron chi connectivity index (χ4n) is 5.28.